The number of halogens is 2. The number of ether oxygens (including phenoxy) is 1. The van der Waals surface area contributed by atoms with Crippen molar-refractivity contribution in [1.29, 1.82) is 0 Å². The molecule has 2 aliphatic rings. The number of alkyl halides is 2. The molecule has 1 nitrogen and oxygen atoms in total. The maximum absolute atomic E-state index is 12.9. The lowest BCUT2D eigenvalue weighted by molar-refractivity contribution is -0.0531. The number of hydrogen-bond acceptors (Lipinski definition) is 1. The van der Waals surface area contributed by atoms with Crippen molar-refractivity contribution in [1.82, 2.24) is 0 Å². The van der Waals surface area contributed by atoms with Crippen molar-refractivity contribution in [2.45, 2.75) is 38.0 Å². The first-order chi connectivity index (χ1) is 6.08. The minimum absolute atomic E-state index is 0.0905. The molecule has 0 N–H and O–H groups in total. The van der Waals surface area contributed by atoms with Crippen molar-refractivity contribution in [3.05, 3.63) is 0 Å². The average molecular weight is 190 g/mol. The van der Waals surface area contributed by atoms with Crippen LogP contribution in [0.15, 0.2) is 0 Å². The Labute approximate surface area is 77.5 Å². The second-order valence-corrected chi connectivity index (χ2v) is 4.57. The zero-order chi connectivity index (χ0) is 9.53. The third-order valence-corrected chi connectivity index (χ3v) is 3.70. The molecule has 1 spiro atoms. The van der Waals surface area contributed by atoms with Gasteiger partial charge in [-0.2, -0.15) is 0 Å². The maximum atomic E-state index is 12.9. The number of hydrogen-bond donors (Lipinski definition) is 0. The fourth-order valence-electron chi connectivity index (χ4n) is 2.59. The Balaban J connectivity index is 1.86. The maximum Gasteiger partial charge on any atom is 0.248 e. The summed E-state index contributed by atoms with van der Waals surface area (Å²) >= 11 is 0. The van der Waals surface area contributed by atoms with E-state index in [0.717, 1.165) is 13.0 Å². The van der Waals surface area contributed by atoms with E-state index in [1.807, 2.05) is 0 Å². The highest BCUT2D eigenvalue weighted by Crippen LogP contribution is 2.63. The van der Waals surface area contributed by atoms with Crippen LogP contribution in [0.25, 0.3) is 0 Å². The Morgan fingerprint density at radius 1 is 1.23 bits per heavy atom. The molecular weight excluding hydrogens is 174 g/mol. The highest BCUT2D eigenvalue weighted by Gasteiger charge is 2.57. The van der Waals surface area contributed by atoms with Gasteiger partial charge in [-0.05, 0) is 30.6 Å². The lowest BCUT2D eigenvalue weighted by Crippen LogP contribution is -2.26. The molecule has 0 radical (unpaired) electrons. The molecule has 2 saturated carbocycles. The molecule has 13 heavy (non-hydrogen) atoms. The van der Waals surface area contributed by atoms with E-state index < -0.39 is 5.92 Å². The molecule has 0 amide bonds. The molecule has 2 fully saturated rings. The van der Waals surface area contributed by atoms with E-state index >= 15 is 0 Å². The van der Waals surface area contributed by atoms with Crippen LogP contribution in [0.4, 0.5) is 8.78 Å². The first-order valence-corrected chi connectivity index (χ1v) is 4.95. The molecular formula is C10H16F2O. The summed E-state index contributed by atoms with van der Waals surface area (Å²) in [7, 11) is 1.68. The largest absolute Gasteiger partial charge is 0.384 e. The zero-order valence-electron chi connectivity index (χ0n) is 7.98. The van der Waals surface area contributed by atoms with E-state index in [9.17, 15) is 8.78 Å². The zero-order valence-corrected chi connectivity index (χ0v) is 7.98. The molecule has 0 aliphatic heterocycles. The highest BCUT2D eigenvalue weighted by molar-refractivity contribution is 5.05. The van der Waals surface area contributed by atoms with Gasteiger partial charge in [0.1, 0.15) is 0 Å². The average Bonchev–Trinajstić information content (AvgIpc) is 2.73. The van der Waals surface area contributed by atoms with Crippen molar-refractivity contribution in [2.24, 2.45) is 11.3 Å². The van der Waals surface area contributed by atoms with Gasteiger partial charge in [0.15, 0.2) is 0 Å². The summed E-state index contributed by atoms with van der Waals surface area (Å²) in [5, 5.41) is 0. The van der Waals surface area contributed by atoms with E-state index in [4.69, 9.17) is 4.74 Å². The first kappa shape index (κ1) is 9.38. The van der Waals surface area contributed by atoms with Crippen LogP contribution in [-0.2, 0) is 4.74 Å². The summed E-state index contributed by atoms with van der Waals surface area (Å²) in [5.41, 5.74) is 0.248. The SMILES string of the molecule is COCC1CC12CCC(F)(F)CC2. The molecule has 0 saturated heterocycles. The summed E-state index contributed by atoms with van der Waals surface area (Å²) in [6, 6.07) is 0. The first-order valence-electron chi connectivity index (χ1n) is 4.95. The molecule has 1 unspecified atom stereocenters. The molecule has 0 aromatic heterocycles. The van der Waals surface area contributed by atoms with Gasteiger partial charge in [0.25, 0.3) is 0 Å². The van der Waals surface area contributed by atoms with E-state index in [2.05, 4.69) is 0 Å². The third kappa shape index (κ3) is 1.71. The van der Waals surface area contributed by atoms with Gasteiger partial charge in [0, 0.05) is 26.6 Å². The van der Waals surface area contributed by atoms with Crippen LogP contribution in [0, 0.1) is 11.3 Å². The summed E-state index contributed by atoms with van der Waals surface area (Å²) in [6.45, 7) is 0.756. The second kappa shape index (κ2) is 2.91. The van der Waals surface area contributed by atoms with E-state index in [0.29, 0.717) is 18.8 Å². The highest BCUT2D eigenvalue weighted by atomic mass is 19.3. The van der Waals surface area contributed by atoms with Crippen molar-refractivity contribution >= 4 is 0 Å². The fourth-order valence-corrected chi connectivity index (χ4v) is 2.59. The molecule has 0 heterocycles. The Morgan fingerprint density at radius 2 is 1.85 bits per heavy atom. The number of methoxy groups -OCH3 is 1. The van der Waals surface area contributed by atoms with Crippen molar-refractivity contribution in [2.75, 3.05) is 13.7 Å². The normalized spacial score (nSPS) is 34.8. The fraction of sp³-hybridized carbons (Fsp3) is 1.00. The molecule has 0 aromatic carbocycles. The Hall–Kier alpha value is -0.180. The summed E-state index contributed by atoms with van der Waals surface area (Å²) in [4.78, 5) is 0. The molecule has 2 aliphatic carbocycles. The molecule has 2 rings (SSSR count). The molecule has 0 aromatic rings. The quantitative estimate of drug-likeness (QED) is 0.650. The van der Waals surface area contributed by atoms with Crippen LogP contribution >= 0.6 is 0 Å². The Bertz CT molecular complexity index is 193. The summed E-state index contributed by atoms with van der Waals surface area (Å²) in [6.07, 6.45) is 2.69. The van der Waals surface area contributed by atoms with Crippen LogP contribution in [0.5, 0.6) is 0 Å². The standard InChI is InChI=1S/C10H16F2O/c1-13-7-8-6-9(8)2-4-10(11,12)5-3-9/h8H,2-7H2,1H3. The number of rotatable bonds is 2. The van der Waals surface area contributed by atoms with E-state index in [1.165, 1.54) is 0 Å². The monoisotopic (exact) mass is 190 g/mol. The van der Waals surface area contributed by atoms with Gasteiger partial charge in [-0.3, -0.25) is 0 Å². The smallest absolute Gasteiger partial charge is 0.248 e. The van der Waals surface area contributed by atoms with E-state index in [-0.39, 0.29) is 18.3 Å². The predicted molar refractivity (Wildman–Crippen MR) is 45.8 cm³/mol. The lowest BCUT2D eigenvalue weighted by Gasteiger charge is -2.29. The van der Waals surface area contributed by atoms with Crippen LogP contribution in [-0.4, -0.2) is 19.6 Å². The van der Waals surface area contributed by atoms with Gasteiger partial charge in [-0.15, -0.1) is 0 Å². The third-order valence-electron chi connectivity index (χ3n) is 3.70. The van der Waals surface area contributed by atoms with Crippen LogP contribution in [0.3, 0.4) is 0 Å². The van der Waals surface area contributed by atoms with Crippen molar-refractivity contribution in [3.63, 3.8) is 0 Å². The lowest BCUT2D eigenvalue weighted by atomic mass is 9.82. The van der Waals surface area contributed by atoms with E-state index in [1.54, 1.807) is 7.11 Å². The summed E-state index contributed by atoms with van der Waals surface area (Å²) in [5.74, 6) is -1.82. The van der Waals surface area contributed by atoms with Crippen LogP contribution in [0.1, 0.15) is 32.1 Å². The minimum atomic E-state index is -2.38. The van der Waals surface area contributed by atoms with Gasteiger partial charge in [-0.25, -0.2) is 8.78 Å². The van der Waals surface area contributed by atoms with Crippen LogP contribution in [0.2, 0.25) is 0 Å². The van der Waals surface area contributed by atoms with Gasteiger partial charge in [-0.1, -0.05) is 0 Å². The van der Waals surface area contributed by atoms with Gasteiger partial charge < -0.3 is 4.74 Å². The summed E-state index contributed by atoms with van der Waals surface area (Å²) < 4.78 is 30.8. The van der Waals surface area contributed by atoms with Crippen molar-refractivity contribution in [3.8, 4) is 0 Å². The van der Waals surface area contributed by atoms with Gasteiger partial charge in [0.05, 0.1) is 0 Å². The molecule has 76 valence electrons. The molecule has 3 heteroatoms. The minimum Gasteiger partial charge on any atom is -0.384 e. The van der Waals surface area contributed by atoms with Gasteiger partial charge >= 0.3 is 0 Å². The second-order valence-electron chi connectivity index (χ2n) is 4.57. The van der Waals surface area contributed by atoms with Crippen LogP contribution < -0.4 is 0 Å². The molecule has 0 bridgehead atoms. The molecule has 1 atom stereocenters. The predicted octanol–water partition coefficient (Wildman–Crippen LogP) is 2.85. The van der Waals surface area contributed by atoms with Crippen molar-refractivity contribution < 1.29 is 13.5 Å². The van der Waals surface area contributed by atoms with Gasteiger partial charge in [0.2, 0.25) is 5.92 Å². The topological polar surface area (TPSA) is 9.23 Å². The Kier molecular flexibility index (Phi) is 2.10. The Morgan fingerprint density at radius 3 is 2.38 bits per heavy atom.